The van der Waals surface area contributed by atoms with Gasteiger partial charge in [0.2, 0.25) is 0 Å². The van der Waals surface area contributed by atoms with Crippen molar-refractivity contribution in [2.24, 2.45) is 10.2 Å². The van der Waals surface area contributed by atoms with Gasteiger partial charge in [0, 0.05) is 13.8 Å². The van der Waals surface area contributed by atoms with Crippen molar-refractivity contribution in [1.29, 1.82) is 0 Å². The lowest BCUT2D eigenvalue weighted by atomic mass is 10.2. The Labute approximate surface area is 164 Å². The van der Waals surface area contributed by atoms with E-state index in [1.54, 1.807) is 7.05 Å². The second-order valence-electron chi connectivity index (χ2n) is 4.97. The smallest absolute Gasteiger partial charge is 0.166 e. The summed E-state index contributed by atoms with van der Waals surface area (Å²) in [5.41, 5.74) is 6.51. The lowest BCUT2D eigenvalue weighted by Crippen LogP contribution is -2.17. The van der Waals surface area contributed by atoms with E-state index < -0.39 is 0 Å². The van der Waals surface area contributed by atoms with Crippen LogP contribution in [-0.4, -0.2) is 44.6 Å². The molecule has 0 aromatic heterocycles. The van der Waals surface area contributed by atoms with Crippen LogP contribution in [0, 0.1) is 0 Å². The van der Waals surface area contributed by atoms with E-state index in [-0.39, 0.29) is 0 Å². The first-order valence-electron chi connectivity index (χ1n) is 10.0. The maximum Gasteiger partial charge on any atom is 0.166 e. The van der Waals surface area contributed by atoms with Crippen molar-refractivity contribution in [2.45, 2.75) is 74.7 Å². The average Bonchev–Trinajstić information content (AvgIpc) is 2.66. The summed E-state index contributed by atoms with van der Waals surface area (Å²) in [4.78, 5) is 2.31. The number of hydrazone groups is 2. The Bertz CT molecular complexity index is 346. The summed E-state index contributed by atoms with van der Waals surface area (Å²) in [6, 6.07) is 0. The molecule has 0 aliphatic heterocycles. The number of rotatable bonds is 9. The number of allylic oxidation sites excluding steroid dienone is 3. The van der Waals surface area contributed by atoms with Crippen molar-refractivity contribution in [3.05, 3.63) is 23.8 Å². The SMILES string of the molecule is C=NNC(/C=C(C)/C=C\CCC)=N\NC.CC.CC.CCCN(C)CC. The van der Waals surface area contributed by atoms with E-state index in [9.17, 15) is 0 Å². The van der Waals surface area contributed by atoms with Crippen LogP contribution in [0.15, 0.2) is 34.0 Å². The maximum absolute atomic E-state index is 3.99. The molecule has 0 saturated heterocycles. The van der Waals surface area contributed by atoms with Gasteiger partial charge in [-0.3, -0.25) is 5.43 Å². The molecule has 0 aliphatic carbocycles. The second-order valence-corrected chi connectivity index (χ2v) is 4.97. The van der Waals surface area contributed by atoms with E-state index in [4.69, 9.17) is 0 Å². The zero-order chi connectivity index (χ0) is 21.2. The molecule has 0 saturated carbocycles. The summed E-state index contributed by atoms with van der Waals surface area (Å²) in [5.74, 6) is 0.645. The van der Waals surface area contributed by atoms with Gasteiger partial charge in [0.05, 0.1) is 0 Å². The van der Waals surface area contributed by atoms with Crippen LogP contribution < -0.4 is 10.9 Å². The number of hydrogen-bond acceptors (Lipinski definition) is 4. The van der Waals surface area contributed by atoms with Gasteiger partial charge in [-0.05, 0) is 51.6 Å². The normalized spacial score (nSPS) is 10.7. The first-order chi connectivity index (χ1) is 12.5. The minimum absolute atomic E-state index is 0.645. The van der Waals surface area contributed by atoms with Crippen LogP contribution in [0.3, 0.4) is 0 Å². The first-order valence-corrected chi connectivity index (χ1v) is 10.0. The van der Waals surface area contributed by atoms with Gasteiger partial charge in [-0.1, -0.05) is 67.0 Å². The molecular formula is C21H47N5. The van der Waals surface area contributed by atoms with E-state index in [1.165, 1.54) is 19.5 Å². The van der Waals surface area contributed by atoms with Crippen molar-refractivity contribution in [3.8, 4) is 0 Å². The maximum atomic E-state index is 3.99. The molecule has 5 heteroatoms. The molecule has 26 heavy (non-hydrogen) atoms. The van der Waals surface area contributed by atoms with E-state index in [1.807, 2.05) is 40.7 Å². The third kappa shape index (κ3) is 30.3. The quantitative estimate of drug-likeness (QED) is 0.247. The molecule has 0 atom stereocenters. The molecule has 0 bridgehead atoms. The van der Waals surface area contributed by atoms with Crippen LogP contribution in [-0.2, 0) is 0 Å². The molecule has 0 aromatic carbocycles. The summed E-state index contributed by atoms with van der Waals surface area (Å²) in [7, 11) is 3.88. The Morgan fingerprint density at radius 1 is 1.08 bits per heavy atom. The fourth-order valence-electron chi connectivity index (χ4n) is 1.53. The topological polar surface area (TPSA) is 52.0 Å². The highest BCUT2D eigenvalue weighted by atomic mass is 15.4. The van der Waals surface area contributed by atoms with Crippen LogP contribution in [0.2, 0.25) is 0 Å². The number of nitrogens with zero attached hydrogens (tertiary/aromatic N) is 3. The van der Waals surface area contributed by atoms with Crippen LogP contribution in [0.5, 0.6) is 0 Å². The van der Waals surface area contributed by atoms with Crippen molar-refractivity contribution < 1.29 is 0 Å². The Morgan fingerprint density at radius 3 is 2.00 bits per heavy atom. The lowest BCUT2D eigenvalue weighted by Gasteiger charge is -2.10. The molecule has 0 amide bonds. The van der Waals surface area contributed by atoms with Crippen LogP contribution >= 0.6 is 0 Å². The summed E-state index contributed by atoms with van der Waals surface area (Å²) < 4.78 is 0. The molecule has 2 N–H and O–H groups in total. The Hall–Kier alpha value is -1.62. The van der Waals surface area contributed by atoms with Gasteiger partial charge in [0.15, 0.2) is 5.84 Å². The molecule has 0 radical (unpaired) electrons. The molecule has 0 unspecified atom stereocenters. The lowest BCUT2D eigenvalue weighted by molar-refractivity contribution is 0.353. The van der Waals surface area contributed by atoms with Gasteiger partial charge in [0.25, 0.3) is 0 Å². The van der Waals surface area contributed by atoms with Gasteiger partial charge < -0.3 is 10.3 Å². The molecule has 0 fully saturated rings. The Balaban J connectivity index is -0.000000184. The average molecular weight is 370 g/mol. The van der Waals surface area contributed by atoms with Crippen LogP contribution in [0.1, 0.15) is 74.7 Å². The summed E-state index contributed by atoms with van der Waals surface area (Å²) in [5, 5.41) is 7.56. The Morgan fingerprint density at radius 2 is 1.65 bits per heavy atom. The highest BCUT2D eigenvalue weighted by Gasteiger charge is 1.91. The van der Waals surface area contributed by atoms with E-state index in [0.717, 1.165) is 18.4 Å². The third-order valence-electron chi connectivity index (χ3n) is 2.77. The predicted octanol–water partition coefficient (Wildman–Crippen LogP) is 5.43. The molecule has 0 aromatic rings. The van der Waals surface area contributed by atoms with Crippen molar-refractivity contribution in [1.82, 2.24) is 15.8 Å². The van der Waals surface area contributed by atoms with E-state index >= 15 is 0 Å². The number of nitrogens with one attached hydrogen (secondary N) is 2. The number of hydrogen-bond donors (Lipinski definition) is 2. The third-order valence-corrected chi connectivity index (χ3v) is 2.77. The van der Waals surface area contributed by atoms with Gasteiger partial charge in [-0.2, -0.15) is 10.2 Å². The van der Waals surface area contributed by atoms with Crippen LogP contribution in [0.4, 0.5) is 0 Å². The van der Waals surface area contributed by atoms with Gasteiger partial charge in [0.1, 0.15) is 0 Å². The van der Waals surface area contributed by atoms with Gasteiger partial charge in [-0.25, -0.2) is 0 Å². The zero-order valence-electron chi connectivity index (χ0n) is 19.3. The van der Waals surface area contributed by atoms with Crippen LogP contribution in [0.25, 0.3) is 0 Å². The van der Waals surface area contributed by atoms with Crippen molar-refractivity contribution in [3.63, 3.8) is 0 Å². The highest BCUT2D eigenvalue weighted by Crippen LogP contribution is 1.98. The molecule has 0 spiro atoms. The molecule has 5 nitrogen and oxygen atoms in total. The number of amidine groups is 1. The first kappa shape index (κ1) is 32.1. The molecule has 156 valence electrons. The zero-order valence-corrected chi connectivity index (χ0v) is 19.3. The summed E-state index contributed by atoms with van der Waals surface area (Å²) in [6.07, 6.45) is 9.63. The highest BCUT2D eigenvalue weighted by molar-refractivity contribution is 5.93. The van der Waals surface area contributed by atoms with Gasteiger partial charge in [-0.15, -0.1) is 0 Å². The van der Waals surface area contributed by atoms with E-state index in [2.05, 4.69) is 72.6 Å². The monoisotopic (exact) mass is 369 g/mol. The van der Waals surface area contributed by atoms with E-state index in [0.29, 0.717) is 5.84 Å². The van der Waals surface area contributed by atoms with Crippen molar-refractivity contribution >= 4 is 12.6 Å². The van der Waals surface area contributed by atoms with Crippen molar-refractivity contribution in [2.75, 3.05) is 27.2 Å². The summed E-state index contributed by atoms with van der Waals surface area (Å²) in [6.45, 7) is 22.3. The predicted molar refractivity (Wildman–Crippen MR) is 123 cm³/mol. The summed E-state index contributed by atoms with van der Waals surface area (Å²) >= 11 is 0. The minimum Gasteiger partial charge on any atom is -0.311 e. The largest absolute Gasteiger partial charge is 0.311 e. The molecular weight excluding hydrogens is 322 g/mol. The van der Waals surface area contributed by atoms with Gasteiger partial charge >= 0.3 is 0 Å². The fraction of sp³-hybridized carbons (Fsp3) is 0.714. The molecule has 0 aliphatic rings. The molecule has 0 heterocycles. The Kier molecular flexibility index (Phi) is 38.5. The fourth-order valence-corrected chi connectivity index (χ4v) is 1.53. The number of unbranched alkanes of at least 4 members (excludes halogenated alkanes) is 1. The molecule has 0 rings (SSSR count). The second kappa shape index (κ2) is 31.2. The standard InChI is InChI=1S/C11H20N4.C6H15N.2C2H6/c1-5-6-7-8-10(2)9-11(14-12-3)15-13-4;1-4-6-7(3)5-2;2*1-2/h7-9,13H,3,5-6H2,1-2,4H3,(H,14,15);4-6H2,1-3H3;2*1-2H3/b8-7-,10-9+;;;. The minimum atomic E-state index is 0.645.